The van der Waals surface area contributed by atoms with Crippen LogP contribution in [-0.4, -0.2) is 32.7 Å². The zero-order chi connectivity index (χ0) is 17.8. The maximum absolute atomic E-state index is 12.1. The first kappa shape index (κ1) is 16.8. The lowest BCUT2D eigenvalue weighted by atomic mass is 10.2. The number of benzene rings is 1. The molecule has 0 aliphatic heterocycles. The highest BCUT2D eigenvalue weighted by Gasteiger charge is 2.12. The SMILES string of the molecule is Cc1ccccc1O[C@@H](C)CNC(=O)Cn1nc2ccccn2c1=O. The minimum absolute atomic E-state index is 0.127. The average molecular weight is 340 g/mol. The van der Waals surface area contributed by atoms with Crippen LogP contribution in [0.4, 0.5) is 0 Å². The second-order valence-corrected chi connectivity index (χ2v) is 5.87. The maximum Gasteiger partial charge on any atom is 0.350 e. The van der Waals surface area contributed by atoms with E-state index in [2.05, 4.69) is 10.4 Å². The molecule has 0 fully saturated rings. The molecule has 0 aliphatic carbocycles. The third-order valence-electron chi connectivity index (χ3n) is 3.79. The summed E-state index contributed by atoms with van der Waals surface area (Å²) >= 11 is 0. The van der Waals surface area contributed by atoms with Crippen LogP contribution in [0.2, 0.25) is 0 Å². The second-order valence-electron chi connectivity index (χ2n) is 5.87. The number of pyridine rings is 1. The van der Waals surface area contributed by atoms with E-state index >= 15 is 0 Å². The first-order valence-corrected chi connectivity index (χ1v) is 8.08. The molecule has 2 heterocycles. The van der Waals surface area contributed by atoms with Crippen LogP contribution in [0.25, 0.3) is 5.65 Å². The van der Waals surface area contributed by atoms with E-state index in [-0.39, 0.29) is 24.2 Å². The third-order valence-corrected chi connectivity index (χ3v) is 3.79. The van der Waals surface area contributed by atoms with Crippen molar-refractivity contribution in [2.75, 3.05) is 6.54 Å². The highest BCUT2D eigenvalue weighted by atomic mass is 16.5. The summed E-state index contributed by atoms with van der Waals surface area (Å²) in [6.07, 6.45) is 1.43. The molecule has 0 unspecified atom stereocenters. The Kier molecular flexibility index (Phi) is 4.83. The lowest BCUT2D eigenvalue weighted by Gasteiger charge is -2.16. The van der Waals surface area contributed by atoms with Crippen LogP contribution < -0.4 is 15.7 Å². The number of carbonyl (C=O) groups is 1. The molecule has 0 bridgehead atoms. The normalized spacial score (nSPS) is 12.1. The Morgan fingerprint density at radius 2 is 2.00 bits per heavy atom. The van der Waals surface area contributed by atoms with E-state index in [0.717, 1.165) is 16.0 Å². The summed E-state index contributed by atoms with van der Waals surface area (Å²) in [4.78, 5) is 24.2. The fraction of sp³-hybridized carbons (Fsp3) is 0.278. The number of hydrogen-bond donors (Lipinski definition) is 1. The van der Waals surface area contributed by atoms with E-state index in [1.165, 1.54) is 4.40 Å². The van der Waals surface area contributed by atoms with Crippen LogP contribution >= 0.6 is 0 Å². The van der Waals surface area contributed by atoms with Gasteiger partial charge >= 0.3 is 5.69 Å². The number of nitrogens with one attached hydrogen (secondary N) is 1. The molecule has 3 aromatic rings. The zero-order valence-electron chi connectivity index (χ0n) is 14.2. The van der Waals surface area contributed by atoms with E-state index in [4.69, 9.17) is 4.74 Å². The van der Waals surface area contributed by atoms with Crippen molar-refractivity contribution in [3.05, 3.63) is 64.7 Å². The molecular formula is C18H20N4O3. The molecule has 0 saturated carbocycles. The van der Waals surface area contributed by atoms with Crippen molar-refractivity contribution in [1.29, 1.82) is 0 Å². The van der Waals surface area contributed by atoms with Gasteiger partial charge in [0.1, 0.15) is 18.4 Å². The smallest absolute Gasteiger partial charge is 0.350 e. The topological polar surface area (TPSA) is 77.6 Å². The molecular weight excluding hydrogens is 320 g/mol. The average Bonchev–Trinajstić information content (AvgIpc) is 2.91. The highest BCUT2D eigenvalue weighted by molar-refractivity contribution is 5.75. The van der Waals surface area contributed by atoms with Crippen LogP contribution in [0.3, 0.4) is 0 Å². The predicted octanol–water partition coefficient (Wildman–Crippen LogP) is 1.39. The maximum atomic E-state index is 12.1. The molecule has 0 aliphatic rings. The summed E-state index contributed by atoms with van der Waals surface area (Å²) in [6.45, 7) is 4.06. The minimum Gasteiger partial charge on any atom is -0.489 e. The number of para-hydroxylation sites is 1. The Labute approximate surface area is 144 Å². The minimum atomic E-state index is -0.338. The molecule has 3 rings (SSSR count). The van der Waals surface area contributed by atoms with Gasteiger partial charge in [-0.1, -0.05) is 24.3 Å². The number of aryl methyl sites for hydroxylation is 1. The molecule has 1 amide bonds. The van der Waals surface area contributed by atoms with E-state index < -0.39 is 0 Å². The summed E-state index contributed by atoms with van der Waals surface area (Å²) in [5, 5.41) is 6.90. The molecule has 7 heteroatoms. The number of fused-ring (bicyclic) bond motifs is 1. The second kappa shape index (κ2) is 7.21. The lowest BCUT2D eigenvalue weighted by molar-refractivity contribution is -0.122. The Balaban J connectivity index is 1.56. The van der Waals surface area contributed by atoms with Gasteiger partial charge in [-0.15, -0.1) is 5.10 Å². The third kappa shape index (κ3) is 3.88. The number of nitrogens with zero attached hydrogens (tertiary/aromatic N) is 3. The Bertz CT molecular complexity index is 945. The molecule has 0 radical (unpaired) electrons. The Hall–Kier alpha value is -3.09. The summed E-state index contributed by atoms with van der Waals surface area (Å²) in [6, 6.07) is 13.0. The monoisotopic (exact) mass is 340 g/mol. The van der Waals surface area contributed by atoms with Crippen molar-refractivity contribution in [2.24, 2.45) is 0 Å². The lowest BCUT2D eigenvalue weighted by Crippen LogP contribution is -2.37. The van der Waals surface area contributed by atoms with E-state index in [0.29, 0.717) is 12.2 Å². The highest BCUT2D eigenvalue weighted by Crippen LogP contribution is 2.17. The fourth-order valence-corrected chi connectivity index (χ4v) is 2.47. The molecule has 0 spiro atoms. The van der Waals surface area contributed by atoms with E-state index in [1.807, 2.05) is 38.1 Å². The number of ether oxygens (including phenoxy) is 1. The van der Waals surface area contributed by atoms with Crippen molar-refractivity contribution in [3.8, 4) is 5.75 Å². The van der Waals surface area contributed by atoms with Gasteiger partial charge in [0.15, 0.2) is 5.65 Å². The van der Waals surface area contributed by atoms with Crippen LogP contribution in [0.1, 0.15) is 12.5 Å². The van der Waals surface area contributed by atoms with Crippen molar-refractivity contribution >= 4 is 11.6 Å². The van der Waals surface area contributed by atoms with Crippen molar-refractivity contribution in [3.63, 3.8) is 0 Å². The van der Waals surface area contributed by atoms with Crippen LogP contribution in [0.15, 0.2) is 53.5 Å². The largest absolute Gasteiger partial charge is 0.489 e. The van der Waals surface area contributed by atoms with Gasteiger partial charge in [0.05, 0.1) is 6.54 Å². The van der Waals surface area contributed by atoms with Crippen molar-refractivity contribution < 1.29 is 9.53 Å². The molecule has 1 atom stereocenters. The first-order chi connectivity index (χ1) is 12.0. The van der Waals surface area contributed by atoms with E-state index in [9.17, 15) is 9.59 Å². The van der Waals surface area contributed by atoms with Crippen LogP contribution in [0, 0.1) is 6.92 Å². The standard InChI is InChI=1S/C18H20N4O3/c1-13-7-3-4-8-15(13)25-14(2)11-19-17(23)12-22-18(24)21-10-6-5-9-16(21)20-22/h3-10,14H,11-12H2,1-2H3,(H,19,23)/t14-/m0/s1. The zero-order valence-corrected chi connectivity index (χ0v) is 14.2. The van der Waals surface area contributed by atoms with Gasteiger partial charge in [0.25, 0.3) is 0 Å². The van der Waals surface area contributed by atoms with Gasteiger partial charge < -0.3 is 10.1 Å². The summed E-state index contributed by atoms with van der Waals surface area (Å²) in [5.74, 6) is 0.506. The van der Waals surface area contributed by atoms with Gasteiger partial charge in [-0.2, -0.15) is 0 Å². The molecule has 130 valence electrons. The molecule has 2 aromatic heterocycles. The Morgan fingerprint density at radius 1 is 1.24 bits per heavy atom. The number of amides is 1. The summed E-state index contributed by atoms with van der Waals surface area (Å²) in [7, 11) is 0. The molecule has 1 aromatic carbocycles. The van der Waals surface area contributed by atoms with Gasteiger partial charge in [-0.25, -0.2) is 9.48 Å². The summed E-state index contributed by atoms with van der Waals surface area (Å²) in [5.41, 5.74) is 1.21. The molecule has 1 N–H and O–H groups in total. The van der Waals surface area contributed by atoms with Crippen molar-refractivity contribution in [1.82, 2.24) is 19.5 Å². The number of aromatic nitrogens is 3. The molecule has 7 nitrogen and oxygen atoms in total. The fourth-order valence-electron chi connectivity index (χ4n) is 2.47. The quantitative estimate of drug-likeness (QED) is 0.735. The Morgan fingerprint density at radius 3 is 2.76 bits per heavy atom. The molecule has 0 saturated heterocycles. The van der Waals surface area contributed by atoms with Gasteiger partial charge in [0.2, 0.25) is 5.91 Å². The summed E-state index contributed by atoms with van der Waals surface area (Å²) < 4.78 is 8.36. The number of hydrogen-bond acceptors (Lipinski definition) is 4. The van der Waals surface area contributed by atoms with Crippen LogP contribution in [0.5, 0.6) is 5.75 Å². The predicted molar refractivity (Wildman–Crippen MR) is 93.7 cm³/mol. The number of rotatable bonds is 6. The van der Waals surface area contributed by atoms with E-state index in [1.54, 1.807) is 24.4 Å². The van der Waals surface area contributed by atoms with Gasteiger partial charge in [0, 0.05) is 6.20 Å². The van der Waals surface area contributed by atoms with Gasteiger partial charge in [-0.05, 0) is 37.6 Å². The van der Waals surface area contributed by atoms with Crippen LogP contribution in [-0.2, 0) is 11.3 Å². The van der Waals surface area contributed by atoms with Crippen molar-refractivity contribution in [2.45, 2.75) is 26.5 Å². The number of carbonyl (C=O) groups excluding carboxylic acids is 1. The first-order valence-electron chi connectivity index (χ1n) is 8.08. The van der Waals surface area contributed by atoms with Gasteiger partial charge in [-0.3, -0.25) is 9.20 Å². The molecule has 25 heavy (non-hydrogen) atoms.